The van der Waals surface area contributed by atoms with Crippen LogP contribution in [-0.2, 0) is 0 Å². The molecule has 2 aromatic rings. The topological polar surface area (TPSA) is 12.0 Å². The van der Waals surface area contributed by atoms with Crippen LogP contribution in [0.3, 0.4) is 0 Å². The number of aryl methyl sites for hydroxylation is 1. The molecule has 1 nitrogen and oxygen atoms in total. The van der Waals surface area contributed by atoms with E-state index in [4.69, 9.17) is 0 Å². The molecule has 96 valence electrons. The highest BCUT2D eigenvalue weighted by atomic mass is 32.1. The lowest BCUT2D eigenvalue weighted by atomic mass is 10.0. The third kappa shape index (κ3) is 2.42. The van der Waals surface area contributed by atoms with E-state index in [1.165, 1.54) is 11.3 Å². The molecule has 2 rings (SSSR count). The summed E-state index contributed by atoms with van der Waals surface area (Å²) in [7, 11) is 1.61. The fraction of sp³-hybridized carbons (Fsp3) is 0.231. The highest BCUT2D eigenvalue weighted by molar-refractivity contribution is 7.12. The Morgan fingerprint density at radius 2 is 1.72 bits per heavy atom. The molecule has 0 amide bonds. The van der Waals surface area contributed by atoms with E-state index in [-0.39, 0.29) is 5.56 Å². The predicted octanol–water partition coefficient (Wildman–Crippen LogP) is 3.78. The molecule has 0 fully saturated rings. The van der Waals surface area contributed by atoms with E-state index in [1.807, 2.05) is 19.1 Å². The Hall–Kier alpha value is -1.33. The van der Waals surface area contributed by atoms with E-state index in [9.17, 15) is 13.2 Å². The first-order chi connectivity index (χ1) is 8.52. The van der Waals surface area contributed by atoms with Gasteiger partial charge in [0, 0.05) is 27.5 Å². The van der Waals surface area contributed by atoms with Gasteiger partial charge in [0.2, 0.25) is 0 Å². The van der Waals surface area contributed by atoms with Gasteiger partial charge in [0.1, 0.15) is 17.5 Å². The van der Waals surface area contributed by atoms with Crippen LogP contribution in [0.1, 0.15) is 21.4 Å². The van der Waals surface area contributed by atoms with Gasteiger partial charge < -0.3 is 5.32 Å². The quantitative estimate of drug-likeness (QED) is 0.895. The Kier molecular flexibility index (Phi) is 3.73. The molecule has 0 saturated carbocycles. The van der Waals surface area contributed by atoms with E-state index in [0.717, 1.165) is 9.75 Å². The first kappa shape index (κ1) is 13.1. The molecule has 0 bridgehead atoms. The molecule has 1 unspecified atom stereocenters. The van der Waals surface area contributed by atoms with Gasteiger partial charge in [-0.05, 0) is 26.1 Å². The zero-order valence-electron chi connectivity index (χ0n) is 9.93. The van der Waals surface area contributed by atoms with Crippen molar-refractivity contribution in [2.75, 3.05) is 7.05 Å². The third-order valence-corrected chi connectivity index (χ3v) is 3.73. The number of hydrogen-bond donors (Lipinski definition) is 1. The minimum absolute atomic E-state index is 0.152. The molecule has 1 N–H and O–H groups in total. The first-order valence-corrected chi connectivity index (χ1v) is 6.22. The molecule has 1 atom stereocenters. The normalized spacial score (nSPS) is 12.7. The highest BCUT2D eigenvalue weighted by Crippen LogP contribution is 2.31. The van der Waals surface area contributed by atoms with Gasteiger partial charge in [0.15, 0.2) is 0 Å². The van der Waals surface area contributed by atoms with Gasteiger partial charge in [-0.3, -0.25) is 0 Å². The number of hydrogen-bond acceptors (Lipinski definition) is 2. The number of nitrogens with one attached hydrogen (secondary N) is 1. The van der Waals surface area contributed by atoms with Crippen molar-refractivity contribution in [3.8, 4) is 0 Å². The molecule has 0 spiro atoms. The van der Waals surface area contributed by atoms with Gasteiger partial charge >= 0.3 is 0 Å². The summed E-state index contributed by atoms with van der Waals surface area (Å²) in [5, 5.41) is 2.86. The summed E-state index contributed by atoms with van der Waals surface area (Å²) in [6.07, 6.45) is 0. The van der Waals surface area contributed by atoms with Crippen molar-refractivity contribution in [2.24, 2.45) is 0 Å². The van der Waals surface area contributed by atoms with Crippen LogP contribution >= 0.6 is 11.3 Å². The molecule has 0 aliphatic heterocycles. The monoisotopic (exact) mass is 271 g/mol. The second-order valence-corrected chi connectivity index (χ2v) is 5.27. The Bertz CT molecular complexity index is 542. The Morgan fingerprint density at radius 1 is 1.11 bits per heavy atom. The summed E-state index contributed by atoms with van der Waals surface area (Å²) in [5.41, 5.74) is -0.152. The van der Waals surface area contributed by atoms with E-state index in [1.54, 1.807) is 7.05 Å². The summed E-state index contributed by atoms with van der Waals surface area (Å²) < 4.78 is 40.3. The average molecular weight is 271 g/mol. The zero-order valence-corrected chi connectivity index (χ0v) is 10.7. The molecule has 18 heavy (non-hydrogen) atoms. The lowest BCUT2D eigenvalue weighted by Gasteiger charge is -2.16. The maximum atomic E-state index is 13.7. The minimum atomic E-state index is -0.911. The Balaban J connectivity index is 2.51. The summed E-state index contributed by atoms with van der Waals surface area (Å²) in [6.45, 7) is 1.91. The molecule has 0 aliphatic carbocycles. The molecule has 1 aromatic heterocycles. The van der Waals surface area contributed by atoms with Crippen LogP contribution in [0.5, 0.6) is 0 Å². The Morgan fingerprint density at radius 3 is 2.17 bits per heavy atom. The second-order valence-electron chi connectivity index (χ2n) is 3.95. The van der Waals surface area contributed by atoms with Gasteiger partial charge in [0.05, 0.1) is 6.04 Å². The number of benzene rings is 1. The SMILES string of the molecule is CNC(c1ccc(C)s1)c1c(F)cc(F)cc1F. The largest absolute Gasteiger partial charge is 0.308 e. The molecular formula is C13H12F3NS. The van der Waals surface area contributed by atoms with Gasteiger partial charge in [-0.1, -0.05) is 0 Å². The van der Waals surface area contributed by atoms with E-state index in [0.29, 0.717) is 12.1 Å². The molecule has 0 saturated heterocycles. The average Bonchev–Trinajstić information content (AvgIpc) is 2.69. The number of thiophene rings is 1. The smallest absolute Gasteiger partial charge is 0.134 e. The highest BCUT2D eigenvalue weighted by Gasteiger charge is 2.22. The van der Waals surface area contributed by atoms with Gasteiger partial charge in [0.25, 0.3) is 0 Å². The van der Waals surface area contributed by atoms with Crippen molar-refractivity contribution in [1.82, 2.24) is 5.32 Å². The second kappa shape index (κ2) is 5.12. The van der Waals surface area contributed by atoms with Crippen molar-refractivity contribution in [1.29, 1.82) is 0 Å². The molecular weight excluding hydrogens is 259 g/mol. The van der Waals surface area contributed by atoms with Crippen molar-refractivity contribution >= 4 is 11.3 Å². The van der Waals surface area contributed by atoms with Crippen LogP contribution in [0.15, 0.2) is 24.3 Å². The maximum Gasteiger partial charge on any atom is 0.134 e. The molecule has 0 radical (unpaired) electrons. The summed E-state index contributed by atoms with van der Waals surface area (Å²) in [5.74, 6) is -2.67. The number of halogens is 3. The molecule has 0 aliphatic rings. The summed E-state index contributed by atoms with van der Waals surface area (Å²) >= 11 is 1.45. The third-order valence-electron chi connectivity index (χ3n) is 2.67. The van der Waals surface area contributed by atoms with Crippen LogP contribution in [0.2, 0.25) is 0 Å². The Labute approximate surface area is 107 Å². The lowest BCUT2D eigenvalue weighted by molar-refractivity contribution is 0.502. The first-order valence-electron chi connectivity index (χ1n) is 5.41. The minimum Gasteiger partial charge on any atom is -0.308 e. The van der Waals surface area contributed by atoms with Crippen molar-refractivity contribution in [3.63, 3.8) is 0 Å². The lowest BCUT2D eigenvalue weighted by Crippen LogP contribution is -2.19. The van der Waals surface area contributed by atoms with Crippen LogP contribution in [-0.4, -0.2) is 7.05 Å². The fourth-order valence-corrected chi connectivity index (χ4v) is 2.86. The van der Waals surface area contributed by atoms with Crippen LogP contribution in [0, 0.1) is 24.4 Å². The maximum absolute atomic E-state index is 13.7. The van der Waals surface area contributed by atoms with Crippen molar-refractivity contribution in [2.45, 2.75) is 13.0 Å². The standard InChI is InChI=1S/C13H12F3NS/c1-7-3-4-11(18-7)13(17-2)12-9(15)5-8(14)6-10(12)16/h3-6,13,17H,1-2H3. The zero-order chi connectivity index (χ0) is 13.3. The van der Waals surface area contributed by atoms with Gasteiger partial charge in [-0.15, -0.1) is 11.3 Å². The fourth-order valence-electron chi connectivity index (χ4n) is 1.87. The van der Waals surface area contributed by atoms with Crippen LogP contribution in [0.4, 0.5) is 13.2 Å². The molecule has 1 heterocycles. The van der Waals surface area contributed by atoms with Crippen LogP contribution in [0.25, 0.3) is 0 Å². The van der Waals surface area contributed by atoms with Crippen molar-refractivity contribution in [3.05, 3.63) is 57.0 Å². The van der Waals surface area contributed by atoms with Crippen molar-refractivity contribution < 1.29 is 13.2 Å². The summed E-state index contributed by atoms with van der Waals surface area (Å²) in [4.78, 5) is 1.84. The van der Waals surface area contributed by atoms with E-state index >= 15 is 0 Å². The predicted molar refractivity (Wildman–Crippen MR) is 66.3 cm³/mol. The van der Waals surface area contributed by atoms with Gasteiger partial charge in [-0.2, -0.15) is 0 Å². The van der Waals surface area contributed by atoms with Gasteiger partial charge in [-0.25, -0.2) is 13.2 Å². The van der Waals surface area contributed by atoms with E-state index < -0.39 is 23.5 Å². The van der Waals surface area contributed by atoms with Crippen LogP contribution < -0.4 is 5.32 Å². The number of rotatable bonds is 3. The van der Waals surface area contributed by atoms with E-state index in [2.05, 4.69) is 5.32 Å². The summed E-state index contributed by atoms with van der Waals surface area (Å²) in [6, 6.07) is 4.48. The molecule has 1 aromatic carbocycles. The molecule has 5 heteroatoms.